The Hall–Kier alpha value is -1.82. The number of rotatable bonds is 9. The summed E-state index contributed by atoms with van der Waals surface area (Å²) >= 11 is 12.1. The van der Waals surface area contributed by atoms with E-state index in [2.05, 4.69) is 20.5 Å². The molecule has 2 N–H and O–H groups in total. The number of benzene rings is 1. The van der Waals surface area contributed by atoms with Crippen molar-refractivity contribution >= 4 is 34.8 Å². The van der Waals surface area contributed by atoms with Crippen LogP contribution in [0.4, 0.5) is 5.69 Å². The molecule has 0 aliphatic carbocycles. The van der Waals surface area contributed by atoms with Gasteiger partial charge >= 0.3 is 0 Å². The molecule has 2 aromatic rings. The summed E-state index contributed by atoms with van der Waals surface area (Å²) < 4.78 is 0. The lowest BCUT2D eigenvalue weighted by molar-refractivity contribution is 0.0947. The molecule has 0 unspecified atom stereocenters. The number of hydrogen-bond donors (Lipinski definition) is 2. The Morgan fingerprint density at radius 3 is 2.69 bits per heavy atom. The zero-order chi connectivity index (χ0) is 18.9. The van der Waals surface area contributed by atoms with Crippen LogP contribution in [0.15, 0.2) is 36.5 Å². The molecule has 0 bridgehead atoms. The maximum atomic E-state index is 12.2. The minimum absolute atomic E-state index is 0.159. The van der Waals surface area contributed by atoms with Crippen LogP contribution in [0.1, 0.15) is 22.5 Å². The minimum atomic E-state index is -0.159. The number of nitrogens with one attached hydrogen (secondary N) is 2. The van der Waals surface area contributed by atoms with Gasteiger partial charge < -0.3 is 15.5 Å². The van der Waals surface area contributed by atoms with E-state index in [1.54, 1.807) is 18.3 Å². The maximum absolute atomic E-state index is 12.2. The number of halogens is 2. The third-order valence-corrected chi connectivity index (χ3v) is 4.39. The van der Waals surface area contributed by atoms with Crippen LogP contribution in [0.3, 0.4) is 0 Å². The third-order valence-electron chi connectivity index (χ3n) is 3.80. The summed E-state index contributed by atoms with van der Waals surface area (Å²) in [6.45, 7) is 2.25. The number of anilines is 1. The predicted octanol–water partition coefficient (Wildman–Crippen LogP) is 3.72. The average Bonchev–Trinajstić information content (AvgIpc) is 2.60. The molecule has 0 aliphatic heterocycles. The second kappa shape index (κ2) is 10.4. The molecular weight excluding hydrogens is 371 g/mol. The van der Waals surface area contributed by atoms with E-state index in [9.17, 15) is 4.79 Å². The number of nitrogens with zero attached hydrogens (tertiary/aromatic N) is 2. The van der Waals surface area contributed by atoms with Crippen LogP contribution >= 0.6 is 23.2 Å². The molecule has 0 saturated heterocycles. The fraction of sp³-hybridized carbons (Fsp3) is 0.368. The van der Waals surface area contributed by atoms with Crippen molar-refractivity contribution in [3.63, 3.8) is 0 Å². The van der Waals surface area contributed by atoms with Crippen molar-refractivity contribution in [3.8, 4) is 0 Å². The summed E-state index contributed by atoms with van der Waals surface area (Å²) in [5.74, 6) is -0.159. The van der Waals surface area contributed by atoms with Crippen molar-refractivity contribution in [3.05, 3.63) is 57.8 Å². The molecule has 0 spiro atoms. The summed E-state index contributed by atoms with van der Waals surface area (Å²) in [6, 6.07) is 9.08. The molecule has 0 aliphatic rings. The molecule has 0 fully saturated rings. The Bertz CT molecular complexity index is 737. The lowest BCUT2D eigenvalue weighted by Gasteiger charge is -2.11. The maximum Gasteiger partial charge on any atom is 0.269 e. The van der Waals surface area contributed by atoms with Crippen LogP contribution < -0.4 is 10.6 Å². The van der Waals surface area contributed by atoms with Gasteiger partial charge in [-0.25, -0.2) is 0 Å². The second-order valence-corrected chi connectivity index (χ2v) is 7.10. The fourth-order valence-corrected chi connectivity index (χ4v) is 2.92. The first kappa shape index (κ1) is 20.5. The molecule has 1 aromatic heterocycles. The highest BCUT2D eigenvalue weighted by Crippen LogP contribution is 2.21. The Morgan fingerprint density at radius 1 is 1.15 bits per heavy atom. The molecule has 1 heterocycles. The zero-order valence-electron chi connectivity index (χ0n) is 15.1. The van der Waals surface area contributed by atoms with Gasteiger partial charge in [0.15, 0.2) is 0 Å². The van der Waals surface area contributed by atoms with E-state index in [1.807, 2.05) is 32.3 Å². The van der Waals surface area contributed by atoms with Gasteiger partial charge in [-0.05, 0) is 63.3 Å². The van der Waals surface area contributed by atoms with Crippen molar-refractivity contribution in [2.45, 2.75) is 12.8 Å². The zero-order valence-corrected chi connectivity index (χ0v) is 16.6. The normalized spacial score (nSPS) is 10.8. The molecular formula is C19H24Cl2N4O. The molecule has 0 atom stereocenters. The summed E-state index contributed by atoms with van der Waals surface area (Å²) in [4.78, 5) is 18.4. The van der Waals surface area contributed by atoms with Crippen molar-refractivity contribution in [2.24, 2.45) is 0 Å². The number of pyridine rings is 1. The number of carbonyl (C=O) groups is 1. The van der Waals surface area contributed by atoms with E-state index in [-0.39, 0.29) is 5.91 Å². The summed E-state index contributed by atoms with van der Waals surface area (Å²) in [5.41, 5.74) is 2.28. The highest BCUT2D eigenvalue weighted by molar-refractivity contribution is 6.35. The summed E-state index contributed by atoms with van der Waals surface area (Å²) in [7, 11) is 4.02. The fourth-order valence-electron chi connectivity index (χ4n) is 2.42. The van der Waals surface area contributed by atoms with E-state index in [0.29, 0.717) is 28.8 Å². The predicted molar refractivity (Wildman–Crippen MR) is 108 cm³/mol. The minimum Gasteiger partial charge on any atom is -0.385 e. The van der Waals surface area contributed by atoms with E-state index in [4.69, 9.17) is 23.2 Å². The monoisotopic (exact) mass is 394 g/mol. The van der Waals surface area contributed by atoms with E-state index in [0.717, 1.165) is 30.6 Å². The quantitative estimate of drug-likeness (QED) is 0.636. The summed E-state index contributed by atoms with van der Waals surface area (Å²) in [5, 5.41) is 7.47. The van der Waals surface area contributed by atoms with Crippen LogP contribution in [0, 0.1) is 0 Å². The van der Waals surface area contributed by atoms with Crippen LogP contribution in [0.25, 0.3) is 0 Å². The van der Waals surface area contributed by atoms with Gasteiger partial charge in [0, 0.05) is 35.0 Å². The molecule has 1 aromatic carbocycles. The number of carbonyl (C=O) groups excluding carboxylic acids is 1. The SMILES string of the molecule is CN(C)CCCNC(=O)c1cc(NCCc2ccc(Cl)cc2Cl)ccn1. The smallest absolute Gasteiger partial charge is 0.269 e. The molecule has 0 saturated carbocycles. The highest BCUT2D eigenvalue weighted by atomic mass is 35.5. The Labute approximate surface area is 164 Å². The van der Waals surface area contributed by atoms with E-state index in [1.165, 1.54) is 0 Å². The first-order valence-corrected chi connectivity index (χ1v) is 9.28. The van der Waals surface area contributed by atoms with Gasteiger partial charge in [0.1, 0.15) is 5.69 Å². The number of amides is 1. The van der Waals surface area contributed by atoms with E-state index < -0.39 is 0 Å². The third kappa shape index (κ3) is 6.83. The lowest BCUT2D eigenvalue weighted by atomic mass is 10.1. The first-order valence-electron chi connectivity index (χ1n) is 8.52. The Morgan fingerprint density at radius 2 is 1.96 bits per heavy atom. The largest absolute Gasteiger partial charge is 0.385 e. The highest BCUT2D eigenvalue weighted by Gasteiger charge is 2.08. The molecule has 140 valence electrons. The van der Waals surface area contributed by atoms with Crippen LogP contribution in [0.5, 0.6) is 0 Å². The van der Waals surface area contributed by atoms with Gasteiger partial charge in [-0.2, -0.15) is 0 Å². The van der Waals surface area contributed by atoms with Crippen LogP contribution in [-0.4, -0.2) is 49.5 Å². The molecule has 2 rings (SSSR count). The number of aromatic nitrogens is 1. The standard InChI is InChI=1S/C19H24Cl2N4O/c1-25(2)11-3-8-24-19(26)18-13-16(7-10-23-18)22-9-6-14-4-5-15(20)12-17(14)21/h4-5,7,10,12-13H,3,6,8-9,11H2,1-2H3,(H,22,23)(H,24,26). The van der Waals surface area contributed by atoms with Gasteiger partial charge in [-0.1, -0.05) is 29.3 Å². The van der Waals surface area contributed by atoms with Gasteiger partial charge in [0.2, 0.25) is 0 Å². The molecule has 7 heteroatoms. The second-order valence-electron chi connectivity index (χ2n) is 6.25. The van der Waals surface area contributed by atoms with Gasteiger partial charge in [-0.15, -0.1) is 0 Å². The van der Waals surface area contributed by atoms with E-state index >= 15 is 0 Å². The molecule has 5 nitrogen and oxygen atoms in total. The van der Waals surface area contributed by atoms with Gasteiger partial charge in [-0.3, -0.25) is 9.78 Å². The van der Waals surface area contributed by atoms with Crippen molar-refractivity contribution in [2.75, 3.05) is 39.0 Å². The van der Waals surface area contributed by atoms with Crippen molar-refractivity contribution in [1.29, 1.82) is 0 Å². The van der Waals surface area contributed by atoms with Crippen LogP contribution in [0.2, 0.25) is 10.0 Å². The van der Waals surface area contributed by atoms with Gasteiger partial charge in [0.25, 0.3) is 5.91 Å². The average molecular weight is 395 g/mol. The van der Waals surface area contributed by atoms with Crippen molar-refractivity contribution in [1.82, 2.24) is 15.2 Å². The van der Waals surface area contributed by atoms with Crippen LogP contribution in [-0.2, 0) is 6.42 Å². The Kier molecular flexibility index (Phi) is 8.16. The first-order chi connectivity index (χ1) is 12.5. The molecule has 1 amide bonds. The van der Waals surface area contributed by atoms with Gasteiger partial charge in [0.05, 0.1) is 0 Å². The number of hydrogen-bond acceptors (Lipinski definition) is 4. The lowest BCUT2D eigenvalue weighted by Crippen LogP contribution is -2.27. The molecule has 26 heavy (non-hydrogen) atoms. The molecule has 0 radical (unpaired) electrons. The van der Waals surface area contributed by atoms with Crippen molar-refractivity contribution < 1.29 is 4.79 Å². The summed E-state index contributed by atoms with van der Waals surface area (Å²) in [6.07, 6.45) is 3.29. The Balaban J connectivity index is 1.83. The topological polar surface area (TPSA) is 57.3 Å².